The average Bonchev–Trinajstić information content (AvgIpc) is 2.45. The third-order valence-electron chi connectivity index (χ3n) is 2.94. The third kappa shape index (κ3) is 4.91. The van der Waals surface area contributed by atoms with Gasteiger partial charge in [-0.1, -0.05) is 13.3 Å². The van der Waals surface area contributed by atoms with Gasteiger partial charge in [-0.15, -0.1) is 0 Å². The Bertz CT molecular complexity index is 376. The van der Waals surface area contributed by atoms with Crippen LogP contribution in [0.3, 0.4) is 0 Å². The molecule has 0 spiro atoms. The topological polar surface area (TPSA) is 55.6 Å². The summed E-state index contributed by atoms with van der Waals surface area (Å²) in [6, 6.07) is 7.31. The number of nitrogens with zero attached hydrogens (tertiary/aromatic N) is 1. The number of likely N-dealkylation sites (N-methyl/N-ethyl adjacent to an activating group) is 1. The third-order valence-corrected chi connectivity index (χ3v) is 2.94. The zero-order chi connectivity index (χ0) is 14.1. The van der Waals surface area contributed by atoms with Crippen molar-refractivity contribution >= 4 is 5.91 Å². The minimum absolute atomic E-state index is 0.0214. The number of benzene rings is 1. The van der Waals surface area contributed by atoms with Crippen LogP contribution in [0.2, 0.25) is 0 Å². The van der Waals surface area contributed by atoms with Crippen LogP contribution in [-0.2, 0) is 0 Å². The molecule has 2 N–H and O–H groups in total. The second-order valence-electron chi connectivity index (χ2n) is 4.40. The number of hydrogen-bond acceptors (Lipinski definition) is 3. The summed E-state index contributed by atoms with van der Waals surface area (Å²) in [7, 11) is 0. The lowest BCUT2D eigenvalue weighted by Gasteiger charge is -2.20. The minimum atomic E-state index is 0.0214. The Balaban J connectivity index is 2.61. The molecule has 0 saturated heterocycles. The van der Waals surface area contributed by atoms with Gasteiger partial charge in [0.1, 0.15) is 5.75 Å². The molecule has 0 saturated carbocycles. The Labute approximate surface area is 115 Å². The van der Waals surface area contributed by atoms with Crippen LogP contribution in [0, 0.1) is 0 Å². The predicted molar refractivity (Wildman–Crippen MR) is 77.5 cm³/mol. The highest BCUT2D eigenvalue weighted by Crippen LogP contribution is 2.14. The molecule has 4 nitrogen and oxygen atoms in total. The smallest absolute Gasteiger partial charge is 0.253 e. The van der Waals surface area contributed by atoms with Crippen LogP contribution in [-0.4, -0.2) is 37.0 Å². The van der Waals surface area contributed by atoms with Crippen LogP contribution < -0.4 is 10.5 Å². The monoisotopic (exact) mass is 264 g/mol. The van der Waals surface area contributed by atoms with E-state index in [-0.39, 0.29) is 5.91 Å². The Hall–Kier alpha value is -1.55. The van der Waals surface area contributed by atoms with Crippen molar-refractivity contribution in [3.63, 3.8) is 0 Å². The van der Waals surface area contributed by atoms with E-state index >= 15 is 0 Å². The van der Waals surface area contributed by atoms with Gasteiger partial charge in [0.2, 0.25) is 0 Å². The van der Waals surface area contributed by atoms with Gasteiger partial charge in [-0.2, -0.15) is 0 Å². The van der Waals surface area contributed by atoms with Crippen molar-refractivity contribution in [1.29, 1.82) is 0 Å². The van der Waals surface area contributed by atoms with E-state index in [0.29, 0.717) is 25.2 Å². The summed E-state index contributed by atoms with van der Waals surface area (Å²) in [4.78, 5) is 13.9. The lowest BCUT2D eigenvalue weighted by atomic mass is 10.2. The van der Waals surface area contributed by atoms with Crippen molar-refractivity contribution in [2.45, 2.75) is 26.7 Å². The van der Waals surface area contributed by atoms with Gasteiger partial charge in [-0.25, -0.2) is 0 Å². The van der Waals surface area contributed by atoms with Crippen LogP contribution in [0.25, 0.3) is 0 Å². The Morgan fingerprint density at radius 2 is 1.95 bits per heavy atom. The van der Waals surface area contributed by atoms with Crippen molar-refractivity contribution in [2.75, 3.05) is 26.2 Å². The summed E-state index contributed by atoms with van der Waals surface area (Å²) < 4.78 is 5.57. The maximum absolute atomic E-state index is 12.2. The second-order valence-corrected chi connectivity index (χ2v) is 4.40. The van der Waals surface area contributed by atoms with E-state index in [0.717, 1.165) is 25.2 Å². The lowest BCUT2D eigenvalue weighted by Crippen LogP contribution is -2.35. The summed E-state index contributed by atoms with van der Waals surface area (Å²) in [5.74, 6) is 0.833. The number of nitrogens with two attached hydrogens (primary N) is 1. The quantitative estimate of drug-likeness (QED) is 0.733. The van der Waals surface area contributed by atoms with Crippen LogP contribution in [0.4, 0.5) is 0 Å². The summed E-state index contributed by atoms with van der Waals surface area (Å²) in [6.45, 7) is 6.54. The Morgan fingerprint density at radius 3 is 2.47 bits per heavy atom. The van der Waals surface area contributed by atoms with Crippen LogP contribution in [0.1, 0.15) is 37.0 Å². The first-order chi connectivity index (χ1) is 9.22. The molecule has 1 aromatic rings. The molecule has 0 atom stereocenters. The molecule has 0 radical (unpaired) electrons. The largest absolute Gasteiger partial charge is 0.494 e. The fraction of sp³-hybridized carbons (Fsp3) is 0.533. The molecule has 106 valence electrons. The molecule has 4 heteroatoms. The molecule has 0 aliphatic rings. The van der Waals surface area contributed by atoms with Crippen molar-refractivity contribution in [3.05, 3.63) is 29.8 Å². The molecule has 1 aromatic carbocycles. The summed E-state index contributed by atoms with van der Waals surface area (Å²) in [5, 5.41) is 0. The molecule has 19 heavy (non-hydrogen) atoms. The van der Waals surface area contributed by atoms with Gasteiger partial charge >= 0.3 is 0 Å². The van der Waals surface area contributed by atoms with Crippen molar-refractivity contribution < 1.29 is 9.53 Å². The molecule has 0 unspecified atom stereocenters. The summed E-state index contributed by atoms with van der Waals surface area (Å²) in [6.07, 6.45) is 2.15. The number of ether oxygens (including phenoxy) is 1. The number of amides is 1. The first kappa shape index (κ1) is 15.5. The zero-order valence-corrected chi connectivity index (χ0v) is 11.9. The van der Waals surface area contributed by atoms with Gasteiger partial charge in [-0.05, 0) is 37.6 Å². The molecule has 1 amide bonds. The summed E-state index contributed by atoms with van der Waals surface area (Å²) in [5.41, 5.74) is 6.18. The molecule has 0 aliphatic heterocycles. The molecular weight excluding hydrogens is 240 g/mol. The molecule has 0 aromatic heterocycles. The average molecular weight is 264 g/mol. The fourth-order valence-corrected chi connectivity index (χ4v) is 1.77. The van der Waals surface area contributed by atoms with Gasteiger partial charge in [0.15, 0.2) is 0 Å². The normalized spacial score (nSPS) is 10.3. The molecule has 0 bridgehead atoms. The second kappa shape index (κ2) is 8.53. The van der Waals surface area contributed by atoms with Gasteiger partial charge in [0.25, 0.3) is 5.91 Å². The highest BCUT2D eigenvalue weighted by atomic mass is 16.5. The number of carbonyl (C=O) groups is 1. The van der Waals surface area contributed by atoms with Crippen molar-refractivity contribution in [3.8, 4) is 5.75 Å². The maximum Gasteiger partial charge on any atom is 0.253 e. The SMILES string of the molecule is CCCCOc1ccc(C(=O)N(CC)CCN)cc1. The fourth-order valence-electron chi connectivity index (χ4n) is 1.77. The van der Waals surface area contributed by atoms with E-state index in [1.165, 1.54) is 0 Å². The molecule has 0 aliphatic carbocycles. The number of unbranched alkanes of at least 4 members (excludes halogenated alkanes) is 1. The van der Waals surface area contributed by atoms with Crippen LogP contribution >= 0.6 is 0 Å². The number of carbonyl (C=O) groups excluding carboxylic acids is 1. The van der Waals surface area contributed by atoms with Gasteiger partial charge < -0.3 is 15.4 Å². The van der Waals surface area contributed by atoms with Gasteiger partial charge in [0.05, 0.1) is 6.61 Å². The van der Waals surface area contributed by atoms with Gasteiger partial charge in [0, 0.05) is 25.2 Å². The first-order valence-corrected chi connectivity index (χ1v) is 6.95. The zero-order valence-electron chi connectivity index (χ0n) is 11.9. The number of rotatable bonds is 8. The van der Waals surface area contributed by atoms with Crippen LogP contribution in [0.15, 0.2) is 24.3 Å². The van der Waals surface area contributed by atoms with E-state index in [2.05, 4.69) is 6.92 Å². The molecule has 1 rings (SSSR count). The Kier molecular flexibility index (Phi) is 6.97. The van der Waals surface area contributed by atoms with E-state index in [1.807, 2.05) is 31.2 Å². The standard InChI is InChI=1S/C15H24N2O2/c1-3-5-12-19-14-8-6-13(7-9-14)15(18)17(4-2)11-10-16/h6-9H,3-5,10-12,16H2,1-2H3. The van der Waals surface area contributed by atoms with E-state index < -0.39 is 0 Å². The maximum atomic E-state index is 12.2. The molecule has 0 heterocycles. The highest BCUT2D eigenvalue weighted by Gasteiger charge is 2.12. The summed E-state index contributed by atoms with van der Waals surface area (Å²) >= 11 is 0. The highest BCUT2D eigenvalue weighted by molar-refractivity contribution is 5.94. The van der Waals surface area contributed by atoms with E-state index in [9.17, 15) is 4.79 Å². The predicted octanol–water partition coefficient (Wildman–Crippen LogP) is 2.29. The van der Waals surface area contributed by atoms with Gasteiger partial charge in [-0.3, -0.25) is 4.79 Å². The Morgan fingerprint density at radius 1 is 1.26 bits per heavy atom. The number of hydrogen-bond donors (Lipinski definition) is 1. The molecule has 0 fully saturated rings. The first-order valence-electron chi connectivity index (χ1n) is 6.95. The minimum Gasteiger partial charge on any atom is -0.494 e. The van der Waals surface area contributed by atoms with Crippen molar-refractivity contribution in [2.24, 2.45) is 5.73 Å². The lowest BCUT2D eigenvalue weighted by molar-refractivity contribution is 0.0769. The van der Waals surface area contributed by atoms with E-state index in [4.69, 9.17) is 10.5 Å². The van der Waals surface area contributed by atoms with Crippen molar-refractivity contribution in [1.82, 2.24) is 4.90 Å². The van der Waals surface area contributed by atoms with E-state index in [1.54, 1.807) is 4.90 Å². The van der Waals surface area contributed by atoms with Crippen LogP contribution in [0.5, 0.6) is 5.75 Å². The molecular formula is C15H24N2O2.